The predicted octanol–water partition coefficient (Wildman–Crippen LogP) is 3.58. The van der Waals surface area contributed by atoms with Crippen molar-refractivity contribution in [1.82, 2.24) is 0 Å². The minimum Gasteiger partial charge on any atom is -0.398 e. The van der Waals surface area contributed by atoms with Crippen molar-refractivity contribution in [3.63, 3.8) is 0 Å². The zero-order valence-electron chi connectivity index (χ0n) is 9.62. The summed E-state index contributed by atoms with van der Waals surface area (Å²) in [5, 5.41) is 8.28. The second-order valence-corrected chi connectivity index (χ2v) is 3.50. The maximum Gasteiger partial charge on any atom is 0.469 e. The molecule has 0 heterocycles. The molecule has 1 unspecified atom stereocenters. The van der Waals surface area contributed by atoms with Gasteiger partial charge in [-0.25, -0.2) is 0 Å². The molecule has 0 spiro atoms. The van der Waals surface area contributed by atoms with E-state index in [1.54, 1.807) is 0 Å². The number of methoxy groups -OCH3 is 1. The van der Waals surface area contributed by atoms with Crippen molar-refractivity contribution in [3.05, 3.63) is 12.1 Å². The van der Waals surface area contributed by atoms with E-state index in [2.05, 4.69) is 9.47 Å². The van der Waals surface area contributed by atoms with Crippen LogP contribution in [0.4, 0.5) is 30.7 Å². The Kier molecular flexibility index (Phi) is 5.20. The summed E-state index contributed by atoms with van der Waals surface area (Å²) in [7, 11) is 0.600. The van der Waals surface area contributed by atoms with Crippen LogP contribution in [0.5, 0.6) is 0 Å². The van der Waals surface area contributed by atoms with E-state index in [1.165, 1.54) is 6.07 Å². The zero-order chi connectivity index (χ0) is 15.5. The first kappa shape index (κ1) is 17.5. The Bertz CT molecular complexity index is 400. The monoisotopic (exact) mass is 295 g/mol. The number of hydrogen-bond donors (Lipinski definition) is 0. The Labute approximate surface area is 103 Å². The molecule has 0 aliphatic heterocycles. The third kappa shape index (κ3) is 3.28. The van der Waals surface area contributed by atoms with E-state index in [0.29, 0.717) is 14.0 Å². The second kappa shape index (κ2) is 5.64. The molecule has 0 aromatic carbocycles. The van der Waals surface area contributed by atoms with Gasteiger partial charge < -0.3 is 9.47 Å². The molecule has 0 aliphatic carbocycles. The number of ether oxygens (including phenoxy) is 2. The lowest BCUT2D eigenvalue weighted by Crippen LogP contribution is -2.58. The van der Waals surface area contributed by atoms with Gasteiger partial charge in [0.2, 0.25) is 0 Å². The van der Waals surface area contributed by atoms with Crippen LogP contribution < -0.4 is 0 Å². The summed E-state index contributed by atoms with van der Waals surface area (Å²) < 4.78 is 95.2. The minimum absolute atomic E-state index is 0.431. The highest BCUT2D eigenvalue weighted by atomic mass is 19.3. The van der Waals surface area contributed by atoms with Crippen LogP contribution in [0.25, 0.3) is 0 Å². The summed E-state index contributed by atoms with van der Waals surface area (Å²) in [6.07, 6.45) is -10.2. The van der Waals surface area contributed by atoms with E-state index in [1.807, 2.05) is 0 Å². The lowest BCUT2D eigenvalue weighted by molar-refractivity contribution is -0.382. The smallest absolute Gasteiger partial charge is 0.398 e. The van der Waals surface area contributed by atoms with Gasteiger partial charge in [0.1, 0.15) is 0 Å². The summed E-state index contributed by atoms with van der Waals surface area (Å²) in [5.74, 6) is -5.24. The number of halogens is 7. The fourth-order valence-electron chi connectivity index (χ4n) is 0.985. The Morgan fingerprint density at radius 2 is 1.63 bits per heavy atom. The normalized spacial score (nSPS) is 15.4. The van der Waals surface area contributed by atoms with E-state index in [9.17, 15) is 30.7 Å². The van der Waals surface area contributed by atoms with Gasteiger partial charge in [0.15, 0.2) is 5.60 Å². The molecule has 3 nitrogen and oxygen atoms in total. The lowest BCUT2D eigenvalue weighted by Gasteiger charge is -2.37. The van der Waals surface area contributed by atoms with E-state index >= 15 is 0 Å². The van der Waals surface area contributed by atoms with Gasteiger partial charge in [-0.2, -0.15) is 36.0 Å². The summed E-state index contributed by atoms with van der Waals surface area (Å²) in [6.45, 7) is 0.431. The van der Waals surface area contributed by atoms with Gasteiger partial charge in [0.05, 0.1) is 12.5 Å². The lowest BCUT2D eigenvalue weighted by atomic mass is 9.93. The second-order valence-electron chi connectivity index (χ2n) is 3.50. The van der Waals surface area contributed by atoms with Crippen molar-refractivity contribution in [2.45, 2.75) is 31.0 Å². The molecule has 0 bridgehead atoms. The van der Waals surface area contributed by atoms with Gasteiger partial charge in [-0.1, -0.05) is 0 Å². The standard InChI is InChI=1S/C9H8F7NO2/c1-7(18-2,3-4-17)8(13,14)9(15,16)19-6(12)5(10)11/h3H2,1-2H3. The van der Waals surface area contributed by atoms with E-state index in [0.717, 1.165) is 0 Å². The summed E-state index contributed by atoms with van der Waals surface area (Å²) >= 11 is 0. The van der Waals surface area contributed by atoms with Crippen molar-refractivity contribution < 1.29 is 40.2 Å². The highest BCUT2D eigenvalue weighted by Crippen LogP contribution is 2.47. The molecule has 0 amide bonds. The first-order chi connectivity index (χ1) is 8.45. The topological polar surface area (TPSA) is 42.2 Å². The van der Waals surface area contributed by atoms with Crippen LogP contribution in [0.3, 0.4) is 0 Å². The highest BCUT2D eigenvalue weighted by molar-refractivity contribution is 5.02. The van der Waals surface area contributed by atoms with Crippen molar-refractivity contribution in [2.24, 2.45) is 0 Å². The fraction of sp³-hybridized carbons (Fsp3) is 0.667. The van der Waals surface area contributed by atoms with Crippen molar-refractivity contribution >= 4 is 0 Å². The average Bonchev–Trinajstić information content (AvgIpc) is 2.27. The Balaban J connectivity index is 5.50. The number of alkyl halides is 4. The fourth-order valence-corrected chi connectivity index (χ4v) is 0.985. The molecule has 110 valence electrons. The third-order valence-electron chi connectivity index (χ3n) is 2.26. The Morgan fingerprint density at radius 3 is 1.95 bits per heavy atom. The molecule has 0 rings (SSSR count). The molecule has 0 aromatic rings. The van der Waals surface area contributed by atoms with Crippen molar-refractivity contribution in [2.75, 3.05) is 7.11 Å². The highest BCUT2D eigenvalue weighted by Gasteiger charge is 2.70. The van der Waals surface area contributed by atoms with Crippen LogP contribution in [0.1, 0.15) is 13.3 Å². The molecule has 0 saturated heterocycles. The van der Waals surface area contributed by atoms with Crippen molar-refractivity contribution in [1.29, 1.82) is 5.26 Å². The van der Waals surface area contributed by atoms with E-state index < -0.39 is 36.1 Å². The number of nitriles is 1. The van der Waals surface area contributed by atoms with Crippen molar-refractivity contribution in [3.8, 4) is 6.07 Å². The van der Waals surface area contributed by atoms with Gasteiger partial charge in [-0.3, -0.25) is 0 Å². The molecule has 0 radical (unpaired) electrons. The summed E-state index contributed by atoms with van der Waals surface area (Å²) in [6, 6.07) is -1.97. The first-order valence-corrected chi connectivity index (χ1v) is 4.52. The van der Waals surface area contributed by atoms with Crippen LogP contribution in [0.15, 0.2) is 12.1 Å². The Hall–Kier alpha value is -1.50. The molecule has 19 heavy (non-hydrogen) atoms. The summed E-state index contributed by atoms with van der Waals surface area (Å²) in [4.78, 5) is 0. The van der Waals surface area contributed by atoms with Gasteiger partial charge >= 0.3 is 24.1 Å². The molecular weight excluding hydrogens is 287 g/mol. The van der Waals surface area contributed by atoms with Crippen LogP contribution in [0.2, 0.25) is 0 Å². The number of rotatable bonds is 6. The van der Waals surface area contributed by atoms with Gasteiger partial charge in [0.25, 0.3) is 0 Å². The minimum atomic E-state index is -5.64. The van der Waals surface area contributed by atoms with E-state index in [-0.39, 0.29) is 0 Å². The summed E-state index contributed by atoms with van der Waals surface area (Å²) in [5.41, 5.74) is -3.06. The van der Waals surface area contributed by atoms with Gasteiger partial charge in [-0.15, -0.1) is 0 Å². The molecule has 10 heteroatoms. The van der Waals surface area contributed by atoms with Crippen LogP contribution in [0, 0.1) is 11.3 Å². The molecule has 0 aromatic heterocycles. The predicted molar refractivity (Wildman–Crippen MR) is 47.0 cm³/mol. The Morgan fingerprint density at radius 1 is 1.16 bits per heavy atom. The molecule has 0 fully saturated rings. The van der Waals surface area contributed by atoms with Crippen LogP contribution in [-0.2, 0) is 9.47 Å². The van der Waals surface area contributed by atoms with Crippen LogP contribution >= 0.6 is 0 Å². The molecule has 0 aliphatic rings. The maximum atomic E-state index is 13.5. The maximum absolute atomic E-state index is 13.5. The van der Waals surface area contributed by atoms with E-state index in [4.69, 9.17) is 5.26 Å². The third-order valence-corrected chi connectivity index (χ3v) is 2.26. The molecule has 1 atom stereocenters. The number of hydrogen-bond acceptors (Lipinski definition) is 3. The van der Waals surface area contributed by atoms with Crippen LogP contribution in [-0.4, -0.2) is 24.7 Å². The zero-order valence-corrected chi connectivity index (χ0v) is 9.62. The molecular formula is C9H8F7NO2. The first-order valence-electron chi connectivity index (χ1n) is 4.52. The molecule has 0 saturated carbocycles. The average molecular weight is 295 g/mol. The molecule has 0 N–H and O–H groups in total. The SMILES string of the molecule is COC(C)(CC#N)C(F)(F)C(F)(F)OC(F)=C(F)F. The van der Waals surface area contributed by atoms with Gasteiger partial charge in [0, 0.05) is 7.11 Å². The largest absolute Gasteiger partial charge is 0.469 e. The number of nitrogens with zero attached hydrogens (tertiary/aromatic N) is 1. The quantitative estimate of drug-likeness (QED) is 0.555. The van der Waals surface area contributed by atoms with Gasteiger partial charge in [-0.05, 0) is 6.92 Å².